The van der Waals surface area contributed by atoms with Crippen molar-refractivity contribution < 1.29 is 4.79 Å². The summed E-state index contributed by atoms with van der Waals surface area (Å²) >= 11 is 5.93. The molecule has 0 aromatic carbocycles. The first-order valence-corrected chi connectivity index (χ1v) is 6.19. The fourth-order valence-corrected chi connectivity index (χ4v) is 1.82. The van der Waals surface area contributed by atoms with E-state index in [1.807, 2.05) is 25.1 Å². The van der Waals surface area contributed by atoms with Gasteiger partial charge in [0.2, 0.25) is 0 Å². The first-order valence-electron chi connectivity index (χ1n) is 5.82. The van der Waals surface area contributed by atoms with Crippen molar-refractivity contribution >= 4 is 23.3 Å². The molecular weight excluding hydrogens is 266 g/mol. The van der Waals surface area contributed by atoms with Crippen LogP contribution >= 0.6 is 11.6 Å². The van der Waals surface area contributed by atoms with Crippen LogP contribution in [0.25, 0.3) is 0 Å². The number of halogens is 1. The van der Waals surface area contributed by atoms with Crippen LogP contribution in [0.2, 0.25) is 5.02 Å². The number of carbonyl (C=O) groups excluding carboxylic acids is 1. The van der Waals surface area contributed by atoms with E-state index in [1.54, 1.807) is 11.1 Å². The molecule has 0 saturated carbocycles. The molecule has 0 aliphatic carbocycles. The van der Waals surface area contributed by atoms with Gasteiger partial charge < -0.3 is 10.6 Å². The Bertz CT molecular complexity index is 569. The van der Waals surface area contributed by atoms with Crippen LogP contribution in [0.15, 0.2) is 24.4 Å². The molecule has 0 spiro atoms. The van der Waals surface area contributed by atoms with Crippen molar-refractivity contribution in [2.24, 2.45) is 0 Å². The minimum Gasteiger partial charge on any atom is -0.381 e. The Morgan fingerprint density at radius 1 is 1.53 bits per heavy atom. The minimum atomic E-state index is -0.248. The van der Waals surface area contributed by atoms with E-state index in [2.05, 4.69) is 15.2 Å². The summed E-state index contributed by atoms with van der Waals surface area (Å²) in [7, 11) is 0. The quantitative estimate of drug-likeness (QED) is 0.892. The second-order valence-corrected chi connectivity index (χ2v) is 4.32. The molecular formula is C12H14ClN5O. The molecule has 7 heteroatoms. The summed E-state index contributed by atoms with van der Waals surface area (Å²) in [6.45, 7) is 2.82. The largest absolute Gasteiger partial charge is 0.381 e. The summed E-state index contributed by atoms with van der Waals surface area (Å²) in [5.41, 5.74) is 6.53. The van der Waals surface area contributed by atoms with E-state index in [-0.39, 0.29) is 22.4 Å². The Morgan fingerprint density at radius 2 is 2.32 bits per heavy atom. The maximum atomic E-state index is 12.3. The van der Waals surface area contributed by atoms with Crippen LogP contribution in [-0.4, -0.2) is 32.5 Å². The van der Waals surface area contributed by atoms with E-state index in [0.717, 1.165) is 5.69 Å². The number of amides is 1. The molecule has 19 heavy (non-hydrogen) atoms. The Hall–Kier alpha value is -2.08. The fraction of sp³-hybridized carbons (Fsp3) is 0.250. The van der Waals surface area contributed by atoms with Crippen molar-refractivity contribution in [1.29, 1.82) is 0 Å². The molecule has 2 heterocycles. The molecule has 2 aromatic rings. The lowest BCUT2D eigenvalue weighted by Crippen LogP contribution is -2.31. The van der Waals surface area contributed by atoms with Crippen molar-refractivity contribution in [3.05, 3.63) is 40.8 Å². The number of rotatable bonds is 4. The summed E-state index contributed by atoms with van der Waals surface area (Å²) in [5, 5.41) is 6.43. The number of hydrogen-bond acceptors (Lipinski definition) is 4. The van der Waals surface area contributed by atoms with Gasteiger partial charge in [-0.15, -0.1) is 0 Å². The highest BCUT2D eigenvalue weighted by atomic mass is 35.5. The molecule has 0 atom stereocenters. The average Bonchev–Trinajstić information content (AvgIpc) is 2.77. The van der Waals surface area contributed by atoms with Gasteiger partial charge >= 0.3 is 0 Å². The third kappa shape index (κ3) is 2.85. The number of hydrogen-bond donors (Lipinski definition) is 2. The van der Waals surface area contributed by atoms with Gasteiger partial charge in [0.1, 0.15) is 10.7 Å². The zero-order valence-electron chi connectivity index (χ0n) is 10.4. The smallest absolute Gasteiger partial charge is 0.273 e. The number of aromatic nitrogens is 3. The van der Waals surface area contributed by atoms with Crippen molar-refractivity contribution in [3.63, 3.8) is 0 Å². The molecule has 2 aromatic heterocycles. The number of carbonyl (C=O) groups is 1. The first-order chi connectivity index (χ1) is 9.13. The fourth-order valence-electron chi connectivity index (χ4n) is 1.66. The van der Waals surface area contributed by atoms with Gasteiger partial charge in [-0.1, -0.05) is 17.7 Å². The third-order valence-electron chi connectivity index (χ3n) is 2.69. The molecule has 0 aliphatic heterocycles. The monoisotopic (exact) mass is 279 g/mol. The summed E-state index contributed by atoms with van der Waals surface area (Å²) in [6.07, 6.45) is 1.69. The van der Waals surface area contributed by atoms with Crippen molar-refractivity contribution in [1.82, 2.24) is 20.1 Å². The van der Waals surface area contributed by atoms with Crippen molar-refractivity contribution in [2.45, 2.75) is 13.5 Å². The Balaban J connectivity index is 2.18. The summed E-state index contributed by atoms with van der Waals surface area (Å²) in [6, 6.07) is 5.56. The molecule has 0 fully saturated rings. The second kappa shape index (κ2) is 5.71. The lowest BCUT2D eigenvalue weighted by molar-refractivity contribution is 0.0745. The number of H-pyrrole nitrogens is 1. The second-order valence-electron chi connectivity index (χ2n) is 3.94. The average molecular weight is 280 g/mol. The zero-order chi connectivity index (χ0) is 13.8. The van der Waals surface area contributed by atoms with Crippen molar-refractivity contribution in [3.8, 4) is 0 Å². The molecule has 0 bridgehead atoms. The Morgan fingerprint density at radius 3 is 2.84 bits per heavy atom. The summed E-state index contributed by atoms with van der Waals surface area (Å²) in [4.78, 5) is 18.1. The highest BCUT2D eigenvalue weighted by Gasteiger charge is 2.21. The Labute approximate surface area is 115 Å². The SMILES string of the molecule is CCN(Cc1ccccn1)C(=O)c1[nH]nc(N)c1Cl. The van der Waals surface area contributed by atoms with Crippen LogP contribution in [0.3, 0.4) is 0 Å². The standard InChI is InChI=1S/C12H14ClN5O/c1-2-18(7-8-5-3-4-6-15-8)12(19)10-9(13)11(14)17-16-10/h3-6H,2,7H2,1H3,(H3,14,16,17). The van der Waals surface area contributed by atoms with E-state index >= 15 is 0 Å². The number of anilines is 1. The zero-order valence-corrected chi connectivity index (χ0v) is 11.2. The molecule has 6 nitrogen and oxygen atoms in total. The molecule has 0 radical (unpaired) electrons. The van der Waals surface area contributed by atoms with Gasteiger partial charge in [-0.05, 0) is 19.1 Å². The lowest BCUT2D eigenvalue weighted by Gasteiger charge is -2.19. The maximum absolute atomic E-state index is 12.3. The van der Waals surface area contributed by atoms with Gasteiger partial charge in [0.15, 0.2) is 5.82 Å². The molecule has 3 N–H and O–H groups in total. The van der Waals surface area contributed by atoms with Gasteiger partial charge in [-0.3, -0.25) is 14.9 Å². The van der Waals surface area contributed by atoms with Gasteiger partial charge in [-0.2, -0.15) is 5.10 Å². The number of nitrogen functional groups attached to an aromatic ring is 1. The van der Waals surface area contributed by atoms with Crippen LogP contribution in [0.1, 0.15) is 23.1 Å². The predicted molar refractivity (Wildman–Crippen MR) is 72.7 cm³/mol. The topological polar surface area (TPSA) is 87.9 Å². The van der Waals surface area contributed by atoms with Gasteiger partial charge in [0.25, 0.3) is 5.91 Å². The number of aromatic amines is 1. The van der Waals surface area contributed by atoms with Crippen LogP contribution in [-0.2, 0) is 6.54 Å². The van der Waals surface area contributed by atoms with Gasteiger partial charge in [0, 0.05) is 12.7 Å². The van der Waals surface area contributed by atoms with Crippen LogP contribution in [0, 0.1) is 0 Å². The van der Waals surface area contributed by atoms with E-state index in [4.69, 9.17) is 17.3 Å². The molecule has 0 saturated heterocycles. The number of nitrogens with two attached hydrogens (primary N) is 1. The number of nitrogens with one attached hydrogen (secondary N) is 1. The van der Waals surface area contributed by atoms with Gasteiger partial charge in [-0.25, -0.2) is 0 Å². The third-order valence-corrected chi connectivity index (χ3v) is 3.08. The normalized spacial score (nSPS) is 10.4. The molecule has 0 unspecified atom stereocenters. The predicted octanol–water partition coefficient (Wildman–Crippen LogP) is 1.70. The van der Waals surface area contributed by atoms with E-state index in [1.165, 1.54) is 0 Å². The summed E-state index contributed by atoms with van der Waals surface area (Å²) in [5.74, 6) is -0.124. The van der Waals surface area contributed by atoms with E-state index in [9.17, 15) is 4.79 Å². The highest BCUT2D eigenvalue weighted by molar-refractivity contribution is 6.35. The van der Waals surface area contributed by atoms with Crippen LogP contribution < -0.4 is 5.73 Å². The highest BCUT2D eigenvalue weighted by Crippen LogP contribution is 2.21. The molecule has 0 aliphatic rings. The minimum absolute atomic E-state index is 0.124. The first kappa shape index (κ1) is 13.4. The Kier molecular flexibility index (Phi) is 4.01. The molecule has 100 valence electrons. The summed E-state index contributed by atoms with van der Waals surface area (Å²) < 4.78 is 0. The van der Waals surface area contributed by atoms with Crippen LogP contribution in [0.4, 0.5) is 5.82 Å². The molecule has 2 rings (SSSR count). The maximum Gasteiger partial charge on any atom is 0.273 e. The van der Waals surface area contributed by atoms with Gasteiger partial charge in [0.05, 0.1) is 12.2 Å². The number of pyridine rings is 1. The van der Waals surface area contributed by atoms with Crippen molar-refractivity contribution in [2.75, 3.05) is 12.3 Å². The van der Waals surface area contributed by atoms with E-state index < -0.39 is 0 Å². The van der Waals surface area contributed by atoms with Crippen LogP contribution in [0.5, 0.6) is 0 Å². The molecule has 1 amide bonds. The van der Waals surface area contributed by atoms with E-state index in [0.29, 0.717) is 13.1 Å². The lowest BCUT2D eigenvalue weighted by atomic mass is 10.3. The number of nitrogens with zero attached hydrogens (tertiary/aromatic N) is 3.